The second-order valence-electron chi connectivity index (χ2n) is 6.37. The molecule has 0 aliphatic heterocycles. The first-order valence-corrected chi connectivity index (χ1v) is 8.65. The predicted octanol–water partition coefficient (Wildman–Crippen LogP) is 4.14. The molecule has 5 nitrogen and oxygen atoms in total. The Hall–Kier alpha value is -2.76. The molecule has 2 aromatic carbocycles. The van der Waals surface area contributed by atoms with Crippen LogP contribution in [0.15, 0.2) is 47.5 Å². The van der Waals surface area contributed by atoms with Crippen LogP contribution in [-0.2, 0) is 6.54 Å². The monoisotopic (exact) mass is 359 g/mol. The predicted molar refractivity (Wildman–Crippen MR) is 103 cm³/mol. The molecule has 2 rings (SSSR count). The average Bonchev–Trinajstić information content (AvgIpc) is 2.62. The van der Waals surface area contributed by atoms with Gasteiger partial charge in [0.15, 0.2) is 5.96 Å². The zero-order valence-corrected chi connectivity index (χ0v) is 15.4. The van der Waals surface area contributed by atoms with Crippen molar-refractivity contribution in [1.29, 1.82) is 0 Å². The molecule has 0 saturated carbocycles. The summed E-state index contributed by atoms with van der Waals surface area (Å²) in [6.07, 6.45) is 0.963. The third-order valence-electron chi connectivity index (χ3n) is 3.83. The fraction of sp³-hybridized carbons (Fsp3) is 0.350. The van der Waals surface area contributed by atoms with Gasteiger partial charge in [-0.3, -0.25) is 0 Å². The van der Waals surface area contributed by atoms with Crippen molar-refractivity contribution in [3.8, 4) is 11.5 Å². The second kappa shape index (κ2) is 9.65. The zero-order chi connectivity index (χ0) is 18.9. The lowest BCUT2D eigenvalue weighted by molar-refractivity contribution is 0.410. The number of hydrogen-bond donors (Lipinski definition) is 3. The SMILES string of the molecule is COc1ccccc1CN=C(NCCC(C)C)Nc1cc(F)ccc1O. The van der Waals surface area contributed by atoms with Crippen LogP contribution in [0, 0.1) is 11.7 Å². The molecule has 140 valence electrons. The number of nitrogens with one attached hydrogen (secondary N) is 2. The summed E-state index contributed by atoms with van der Waals surface area (Å²) in [7, 11) is 1.62. The molecule has 0 spiro atoms. The van der Waals surface area contributed by atoms with Gasteiger partial charge in [0.25, 0.3) is 0 Å². The summed E-state index contributed by atoms with van der Waals surface area (Å²) in [5.41, 5.74) is 1.20. The summed E-state index contributed by atoms with van der Waals surface area (Å²) in [5.74, 6) is 1.29. The highest BCUT2D eigenvalue weighted by Gasteiger charge is 2.08. The first kappa shape index (κ1) is 19.6. The van der Waals surface area contributed by atoms with Gasteiger partial charge >= 0.3 is 0 Å². The molecule has 26 heavy (non-hydrogen) atoms. The van der Waals surface area contributed by atoms with Crippen LogP contribution in [0.5, 0.6) is 11.5 Å². The summed E-state index contributed by atoms with van der Waals surface area (Å²) in [6, 6.07) is 11.4. The molecule has 0 amide bonds. The van der Waals surface area contributed by atoms with Gasteiger partial charge in [-0.25, -0.2) is 9.38 Å². The minimum absolute atomic E-state index is 0.0398. The number of nitrogens with zero attached hydrogens (tertiary/aromatic N) is 1. The highest BCUT2D eigenvalue weighted by molar-refractivity contribution is 5.94. The quantitative estimate of drug-likeness (QED) is 0.395. The third-order valence-corrected chi connectivity index (χ3v) is 3.83. The van der Waals surface area contributed by atoms with Crippen molar-refractivity contribution in [1.82, 2.24) is 5.32 Å². The number of halogens is 1. The van der Waals surface area contributed by atoms with Crippen LogP contribution in [0.25, 0.3) is 0 Å². The van der Waals surface area contributed by atoms with E-state index < -0.39 is 5.82 Å². The lowest BCUT2D eigenvalue weighted by Gasteiger charge is -2.15. The molecule has 0 aromatic heterocycles. The van der Waals surface area contributed by atoms with E-state index in [2.05, 4.69) is 29.5 Å². The van der Waals surface area contributed by atoms with Gasteiger partial charge in [-0.1, -0.05) is 32.0 Å². The molecule has 6 heteroatoms. The van der Waals surface area contributed by atoms with Crippen LogP contribution in [-0.4, -0.2) is 24.7 Å². The maximum absolute atomic E-state index is 13.5. The molecule has 0 saturated heterocycles. The number of aromatic hydroxyl groups is 1. The standard InChI is InChI=1S/C20H26FN3O2/c1-14(2)10-11-22-20(24-17-12-16(21)8-9-18(17)25)23-13-15-6-4-5-7-19(15)26-3/h4-9,12,14,25H,10-11,13H2,1-3H3,(H2,22,23,24). The van der Waals surface area contributed by atoms with Gasteiger partial charge in [-0.05, 0) is 30.5 Å². The molecule has 0 bridgehead atoms. The molecular weight excluding hydrogens is 333 g/mol. The van der Waals surface area contributed by atoms with Gasteiger partial charge in [-0.15, -0.1) is 0 Å². The van der Waals surface area contributed by atoms with Gasteiger partial charge in [-0.2, -0.15) is 0 Å². The van der Waals surface area contributed by atoms with E-state index in [9.17, 15) is 9.50 Å². The van der Waals surface area contributed by atoms with Gasteiger partial charge in [0.05, 0.1) is 19.3 Å². The first-order valence-electron chi connectivity index (χ1n) is 8.65. The van der Waals surface area contributed by atoms with E-state index in [0.29, 0.717) is 25.0 Å². The molecule has 0 radical (unpaired) electrons. The Morgan fingerprint density at radius 1 is 1.23 bits per heavy atom. The number of methoxy groups -OCH3 is 1. The van der Waals surface area contributed by atoms with E-state index in [1.54, 1.807) is 7.11 Å². The molecule has 3 N–H and O–H groups in total. The topological polar surface area (TPSA) is 65.9 Å². The molecule has 0 heterocycles. The van der Waals surface area contributed by atoms with E-state index in [0.717, 1.165) is 17.7 Å². The number of hydrogen-bond acceptors (Lipinski definition) is 3. The Balaban J connectivity index is 2.17. The maximum Gasteiger partial charge on any atom is 0.196 e. The van der Waals surface area contributed by atoms with Crippen molar-refractivity contribution in [2.45, 2.75) is 26.8 Å². The molecule has 0 unspecified atom stereocenters. The summed E-state index contributed by atoms with van der Waals surface area (Å²) in [5, 5.41) is 16.1. The lowest BCUT2D eigenvalue weighted by atomic mass is 10.1. The smallest absolute Gasteiger partial charge is 0.196 e. The summed E-state index contributed by atoms with van der Waals surface area (Å²) in [6.45, 7) is 5.38. The number of rotatable bonds is 7. The number of ether oxygens (including phenoxy) is 1. The van der Waals surface area contributed by atoms with Gasteiger partial charge in [0.2, 0.25) is 0 Å². The number of anilines is 1. The van der Waals surface area contributed by atoms with E-state index in [1.807, 2.05) is 24.3 Å². The van der Waals surface area contributed by atoms with Gasteiger partial charge < -0.3 is 20.5 Å². The van der Waals surface area contributed by atoms with Crippen molar-refractivity contribution in [2.75, 3.05) is 19.0 Å². The van der Waals surface area contributed by atoms with Crippen LogP contribution in [0.2, 0.25) is 0 Å². The number of benzene rings is 2. The fourth-order valence-electron chi connectivity index (χ4n) is 2.35. The Labute approximate surface area is 153 Å². The zero-order valence-electron chi connectivity index (χ0n) is 15.4. The number of phenols is 1. The highest BCUT2D eigenvalue weighted by atomic mass is 19.1. The van der Waals surface area contributed by atoms with E-state index in [1.165, 1.54) is 18.2 Å². The second-order valence-corrected chi connectivity index (χ2v) is 6.37. The molecule has 2 aromatic rings. The van der Waals surface area contributed by atoms with Crippen LogP contribution in [0.4, 0.5) is 10.1 Å². The van der Waals surface area contributed by atoms with Crippen LogP contribution in [0.1, 0.15) is 25.8 Å². The van der Waals surface area contributed by atoms with Crippen molar-refractivity contribution in [2.24, 2.45) is 10.9 Å². The first-order chi connectivity index (χ1) is 12.5. The molecule has 0 aliphatic carbocycles. The lowest BCUT2D eigenvalue weighted by Crippen LogP contribution is -2.32. The van der Waals surface area contributed by atoms with Crippen LogP contribution in [0.3, 0.4) is 0 Å². The molecule has 0 atom stereocenters. The Morgan fingerprint density at radius 2 is 2.00 bits per heavy atom. The number of guanidine groups is 1. The minimum Gasteiger partial charge on any atom is -0.506 e. The minimum atomic E-state index is -0.434. The van der Waals surface area contributed by atoms with Crippen LogP contribution >= 0.6 is 0 Å². The fourth-order valence-corrected chi connectivity index (χ4v) is 2.35. The number of aliphatic imine (C=N–C) groups is 1. The Kier molecular flexibility index (Phi) is 7.26. The molecule has 0 fully saturated rings. The van der Waals surface area contributed by atoms with Gasteiger partial charge in [0, 0.05) is 18.2 Å². The van der Waals surface area contributed by atoms with Crippen molar-refractivity contribution >= 4 is 11.6 Å². The third kappa shape index (κ3) is 5.95. The van der Waals surface area contributed by atoms with Crippen LogP contribution < -0.4 is 15.4 Å². The average molecular weight is 359 g/mol. The Bertz CT molecular complexity index is 748. The van der Waals surface area contributed by atoms with E-state index in [-0.39, 0.29) is 11.4 Å². The van der Waals surface area contributed by atoms with Crippen molar-refractivity contribution < 1.29 is 14.2 Å². The van der Waals surface area contributed by atoms with Crippen molar-refractivity contribution in [3.63, 3.8) is 0 Å². The normalized spacial score (nSPS) is 11.5. The summed E-state index contributed by atoms with van der Waals surface area (Å²) in [4.78, 5) is 4.55. The van der Waals surface area contributed by atoms with Gasteiger partial charge in [0.1, 0.15) is 17.3 Å². The summed E-state index contributed by atoms with van der Waals surface area (Å²) >= 11 is 0. The number of para-hydroxylation sites is 1. The number of phenolic OH excluding ortho intramolecular Hbond substituents is 1. The van der Waals surface area contributed by atoms with E-state index in [4.69, 9.17) is 4.74 Å². The highest BCUT2D eigenvalue weighted by Crippen LogP contribution is 2.23. The molecular formula is C20H26FN3O2. The maximum atomic E-state index is 13.5. The summed E-state index contributed by atoms with van der Waals surface area (Å²) < 4.78 is 18.8. The van der Waals surface area contributed by atoms with E-state index >= 15 is 0 Å². The Morgan fingerprint density at radius 3 is 2.73 bits per heavy atom. The largest absolute Gasteiger partial charge is 0.506 e. The molecule has 0 aliphatic rings. The van der Waals surface area contributed by atoms with Crippen molar-refractivity contribution in [3.05, 3.63) is 53.8 Å².